The molecule has 0 radical (unpaired) electrons. The molecule has 2 aromatic carbocycles. The molecule has 1 heterocycles. The van der Waals surface area contributed by atoms with Crippen molar-refractivity contribution in [2.75, 3.05) is 40.4 Å². The van der Waals surface area contributed by atoms with E-state index in [2.05, 4.69) is 6.07 Å². The molecule has 0 spiro atoms. The number of carbonyl (C=O) groups excluding carboxylic acids is 1. The van der Waals surface area contributed by atoms with E-state index in [0.29, 0.717) is 30.2 Å². The molecular weight excluding hydrogens is 416 g/mol. The van der Waals surface area contributed by atoms with Gasteiger partial charge in [-0.25, -0.2) is 8.42 Å². The van der Waals surface area contributed by atoms with Gasteiger partial charge in [0, 0.05) is 37.8 Å². The molecule has 1 fully saturated rings. The van der Waals surface area contributed by atoms with Crippen molar-refractivity contribution in [3.8, 4) is 11.5 Å². The Balaban J connectivity index is 1.45. The van der Waals surface area contributed by atoms with Crippen LogP contribution in [0.4, 0.5) is 0 Å². The number of methoxy groups -OCH3 is 2. The van der Waals surface area contributed by atoms with E-state index in [1.54, 1.807) is 11.0 Å². The fourth-order valence-corrected chi connectivity index (χ4v) is 5.74. The molecule has 1 amide bonds. The van der Waals surface area contributed by atoms with Gasteiger partial charge in [-0.3, -0.25) is 4.79 Å². The molecule has 7 nitrogen and oxygen atoms in total. The normalized spacial score (nSPS) is 17.2. The maximum atomic E-state index is 13.1. The first-order valence-electron chi connectivity index (χ1n) is 10.6. The number of aryl methyl sites for hydroxylation is 2. The Bertz CT molecular complexity index is 1080. The summed E-state index contributed by atoms with van der Waals surface area (Å²) in [6.45, 7) is 1.24. The van der Waals surface area contributed by atoms with Gasteiger partial charge < -0.3 is 14.4 Å². The second-order valence-corrected chi connectivity index (χ2v) is 9.84. The molecule has 2 aliphatic rings. The Hall–Kier alpha value is -2.58. The predicted molar refractivity (Wildman–Crippen MR) is 117 cm³/mol. The van der Waals surface area contributed by atoms with Crippen LogP contribution in [0, 0.1) is 0 Å². The standard InChI is InChI=1S/C23H28N2O5S/c1-29-21-10-9-20(16-22(21)30-2)31(27,28)25-13-11-24(12-14-25)23(26)19-8-7-17-5-3-4-6-18(17)15-19/h7-10,15-16H,3-6,11-14H2,1-2H3. The van der Waals surface area contributed by atoms with Crippen molar-refractivity contribution in [3.05, 3.63) is 53.1 Å². The molecule has 0 N–H and O–H groups in total. The van der Waals surface area contributed by atoms with E-state index in [1.807, 2.05) is 12.1 Å². The fraction of sp³-hybridized carbons (Fsp3) is 0.435. The zero-order valence-electron chi connectivity index (χ0n) is 18.0. The first-order chi connectivity index (χ1) is 14.9. The molecular formula is C23H28N2O5S. The molecule has 31 heavy (non-hydrogen) atoms. The number of sulfonamides is 1. The van der Waals surface area contributed by atoms with Crippen LogP contribution in [0.2, 0.25) is 0 Å². The zero-order valence-corrected chi connectivity index (χ0v) is 18.8. The lowest BCUT2D eigenvalue weighted by Gasteiger charge is -2.34. The van der Waals surface area contributed by atoms with Crippen molar-refractivity contribution < 1.29 is 22.7 Å². The Morgan fingerprint density at radius 2 is 1.52 bits per heavy atom. The van der Waals surface area contributed by atoms with E-state index in [1.165, 1.54) is 48.2 Å². The van der Waals surface area contributed by atoms with E-state index in [9.17, 15) is 13.2 Å². The highest BCUT2D eigenvalue weighted by Crippen LogP contribution is 2.31. The third-order valence-electron chi connectivity index (χ3n) is 6.11. The van der Waals surface area contributed by atoms with E-state index < -0.39 is 10.0 Å². The molecule has 8 heteroatoms. The summed E-state index contributed by atoms with van der Waals surface area (Å²) in [4.78, 5) is 14.9. The second-order valence-electron chi connectivity index (χ2n) is 7.90. The van der Waals surface area contributed by atoms with Crippen molar-refractivity contribution in [2.24, 2.45) is 0 Å². The number of hydrogen-bond donors (Lipinski definition) is 0. The first-order valence-corrected chi connectivity index (χ1v) is 12.0. The summed E-state index contributed by atoms with van der Waals surface area (Å²) in [6, 6.07) is 10.6. The Morgan fingerprint density at radius 3 is 2.19 bits per heavy atom. The summed E-state index contributed by atoms with van der Waals surface area (Å²) < 4.78 is 38.0. The Kier molecular flexibility index (Phi) is 6.20. The average Bonchev–Trinajstić information content (AvgIpc) is 2.82. The predicted octanol–water partition coefficient (Wildman–Crippen LogP) is 2.73. The highest BCUT2D eigenvalue weighted by atomic mass is 32.2. The minimum atomic E-state index is -3.69. The monoisotopic (exact) mass is 444 g/mol. The van der Waals surface area contributed by atoms with Crippen LogP contribution in [-0.4, -0.2) is 63.9 Å². The van der Waals surface area contributed by atoms with Gasteiger partial charge in [0.05, 0.1) is 19.1 Å². The zero-order chi connectivity index (χ0) is 22.0. The van der Waals surface area contributed by atoms with Crippen molar-refractivity contribution >= 4 is 15.9 Å². The van der Waals surface area contributed by atoms with Crippen LogP contribution >= 0.6 is 0 Å². The largest absolute Gasteiger partial charge is 0.493 e. The summed E-state index contributed by atoms with van der Waals surface area (Å²) in [5, 5.41) is 0. The SMILES string of the molecule is COc1ccc(S(=O)(=O)N2CCN(C(=O)c3ccc4c(c3)CCCC4)CC2)cc1OC. The number of rotatable bonds is 5. The quantitative estimate of drug-likeness (QED) is 0.709. The number of fused-ring (bicyclic) bond motifs is 1. The summed E-state index contributed by atoms with van der Waals surface area (Å²) >= 11 is 0. The number of carbonyl (C=O) groups is 1. The fourth-order valence-electron chi connectivity index (χ4n) is 4.31. The molecule has 1 saturated heterocycles. The van der Waals surface area contributed by atoms with Gasteiger partial charge in [-0.1, -0.05) is 6.07 Å². The Morgan fingerprint density at radius 1 is 0.839 bits per heavy atom. The van der Waals surface area contributed by atoms with E-state index in [4.69, 9.17) is 9.47 Å². The number of piperazine rings is 1. The third-order valence-corrected chi connectivity index (χ3v) is 8.01. The number of hydrogen-bond acceptors (Lipinski definition) is 5. The summed E-state index contributed by atoms with van der Waals surface area (Å²) in [6.07, 6.45) is 4.47. The van der Waals surface area contributed by atoms with Gasteiger partial charge in [-0.05, 0) is 61.1 Å². The maximum absolute atomic E-state index is 13.1. The third kappa shape index (κ3) is 4.27. The number of ether oxygens (including phenoxy) is 2. The van der Waals surface area contributed by atoms with Gasteiger partial charge in [-0.15, -0.1) is 0 Å². The minimum absolute atomic E-state index is 0.0310. The van der Waals surface area contributed by atoms with E-state index >= 15 is 0 Å². The highest BCUT2D eigenvalue weighted by Gasteiger charge is 2.31. The number of nitrogens with zero attached hydrogens (tertiary/aromatic N) is 2. The minimum Gasteiger partial charge on any atom is -0.493 e. The van der Waals surface area contributed by atoms with Gasteiger partial charge in [0.2, 0.25) is 10.0 Å². The molecule has 166 valence electrons. The Labute approximate surface area is 183 Å². The maximum Gasteiger partial charge on any atom is 0.253 e. The summed E-state index contributed by atoms with van der Waals surface area (Å²) in [5.41, 5.74) is 3.30. The molecule has 1 aliphatic heterocycles. The molecule has 0 aromatic heterocycles. The van der Waals surface area contributed by atoms with Gasteiger partial charge >= 0.3 is 0 Å². The van der Waals surface area contributed by atoms with Crippen molar-refractivity contribution in [2.45, 2.75) is 30.6 Å². The molecule has 0 saturated carbocycles. The van der Waals surface area contributed by atoms with E-state index in [0.717, 1.165) is 19.3 Å². The second kappa shape index (κ2) is 8.88. The number of amides is 1. The number of benzene rings is 2. The van der Waals surface area contributed by atoms with Crippen LogP contribution in [0.5, 0.6) is 11.5 Å². The van der Waals surface area contributed by atoms with Gasteiger partial charge in [0.25, 0.3) is 5.91 Å². The average molecular weight is 445 g/mol. The van der Waals surface area contributed by atoms with Crippen LogP contribution in [0.1, 0.15) is 34.3 Å². The molecule has 0 unspecified atom stereocenters. The summed E-state index contributed by atoms with van der Waals surface area (Å²) in [5.74, 6) is 0.809. The van der Waals surface area contributed by atoms with Gasteiger partial charge in [-0.2, -0.15) is 4.31 Å². The first kappa shape index (κ1) is 21.6. The topological polar surface area (TPSA) is 76.2 Å². The molecule has 2 aromatic rings. The van der Waals surface area contributed by atoms with Crippen molar-refractivity contribution in [1.82, 2.24) is 9.21 Å². The molecule has 0 bridgehead atoms. The lowest BCUT2D eigenvalue weighted by Crippen LogP contribution is -2.50. The van der Waals surface area contributed by atoms with Crippen LogP contribution in [0.15, 0.2) is 41.3 Å². The van der Waals surface area contributed by atoms with E-state index in [-0.39, 0.29) is 23.9 Å². The molecule has 4 rings (SSSR count). The van der Waals surface area contributed by atoms with Crippen LogP contribution in [-0.2, 0) is 22.9 Å². The smallest absolute Gasteiger partial charge is 0.253 e. The van der Waals surface area contributed by atoms with Crippen molar-refractivity contribution in [1.29, 1.82) is 0 Å². The summed E-state index contributed by atoms with van der Waals surface area (Å²) in [7, 11) is -0.709. The highest BCUT2D eigenvalue weighted by molar-refractivity contribution is 7.89. The van der Waals surface area contributed by atoms with Crippen LogP contribution in [0.25, 0.3) is 0 Å². The lowest BCUT2D eigenvalue weighted by molar-refractivity contribution is 0.0697. The lowest BCUT2D eigenvalue weighted by atomic mass is 9.90. The molecule has 1 aliphatic carbocycles. The van der Waals surface area contributed by atoms with Crippen LogP contribution in [0.3, 0.4) is 0 Å². The molecule has 0 atom stereocenters. The van der Waals surface area contributed by atoms with Gasteiger partial charge in [0.1, 0.15) is 0 Å². The van der Waals surface area contributed by atoms with Crippen molar-refractivity contribution in [3.63, 3.8) is 0 Å². The van der Waals surface area contributed by atoms with Gasteiger partial charge in [0.15, 0.2) is 11.5 Å². The van der Waals surface area contributed by atoms with Crippen LogP contribution < -0.4 is 9.47 Å².